The van der Waals surface area contributed by atoms with Crippen molar-refractivity contribution < 1.29 is 23.5 Å². The van der Waals surface area contributed by atoms with E-state index in [1.165, 1.54) is 19.1 Å². The zero-order valence-electron chi connectivity index (χ0n) is 14.4. The van der Waals surface area contributed by atoms with Crippen molar-refractivity contribution in [1.29, 1.82) is 0 Å². The number of hydrogen-bond donors (Lipinski definition) is 1. The van der Waals surface area contributed by atoms with Crippen LogP contribution < -0.4 is 10.1 Å². The third kappa shape index (κ3) is 5.46. The Balaban J connectivity index is 1.94. The number of benzene rings is 2. The summed E-state index contributed by atoms with van der Waals surface area (Å²) in [6, 6.07) is 12.4. The van der Waals surface area contributed by atoms with Gasteiger partial charge in [0.2, 0.25) is 0 Å². The summed E-state index contributed by atoms with van der Waals surface area (Å²) in [5.41, 5.74) is 0.230. The van der Waals surface area contributed by atoms with E-state index < -0.39 is 29.9 Å². The van der Waals surface area contributed by atoms with Crippen LogP contribution in [0.15, 0.2) is 48.5 Å². The monoisotopic (exact) mass is 379 g/mol. The highest BCUT2D eigenvalue weighted by molar-refractivity contribution is 6.33. The van der Waals surface area contributed by atoms with Crippen molar-refractivity contribution >= 4 is 29.2 Å². The van der Waals surface area contributed by atoms with E-state index in [2.05, 4.69) is 5.32 Å². The molecule has 7 heteroatoms. The molecule has 0 spiro atoms. The summed E-state index contributed by atoms with van der Waals surface area (Å²) in [5, 5.41) is 2.55. The number of para-hydroxylation sites is 1. The second-order valence-corrected chi connectivity index (χ2v) is 5.93. The van der Waals surface area contributed by atoms with Crippen molar-refractivity contribution in [2.24, 2.45) is 0 Å². The SMILES string of the molecule is CC[C@H](Oc1ccccc1)C(=O)O[C@@H](C)C(=O)Nc1ccc(F)cc1Cl. The standard InChI is InChI=1S/C19H19ClFNO4/c1-3-17(26-14-7-5-4-6-8-14)19(24)25-12(2)18(23)22-16-10-9-13(21)11-15(16)20/h4-12,17H,3H2,1-2H3,(H,22,23)/t12-,17-/m0/s1. The fourth-order valence-electron chi connectivity index (χ4n) is 2.09. The predicted molar refractivity (Wildman–Crippen MR) is 96.7 cm³/mol. The normalized spacial score (nSPS) is 12.8. The number of carbonyl (C=O) groups excluding carboxylic acids is 2. The summed E-state index contributed by atoms with van der Waals surface area (Å²) in [4.78, 5) is 24.4. The van der Waals surface area contributed by atoms with Gasteiger partial charge in [-0.2, -0.15) is 0 Å². The maximum atomic E-state index is 13.0. The van der Waals surface area contributed by atoms with Gasteiger partial charge in [0.25, 0.3) is 5.91 Å². The molecule has 1 amide bonds. The molecule has 2 aromatic rings. The first kappa shape index (κ1) is 19.7. The molecule has 0 fully saturated rings. The summed E-state index contributed by atoms with van der Waals surface area (Å²) >= 11 is 5.86. The van der Waals surface area contributed by atoms with Gasteiger partial charge in [-0.1, -0.05) is 36.7 Å². The Morgan fingerprint density at radius 1 is 1.19 bits per heavy atom. The number of esters is 1. The van der Waals surface area contributed by atoms with E-state index in [0.29, 0.717) is 12.2 Å². The molecular weight excluding hydrogens is 361 g/mol. The van der Waals surface area contributed by atoms with Crippen LogP contribution in [0.25, 0.3) is 0 Å². The van der Waals surface area contributed by atoms with Gasteiger partial charge in [-0.25, -0.2) is 9.18 Å². The molecule has 0 aliphatic rings. The Bertz CT molecular complexity index is 769. The van der Waals surface area contributed by atoms with Gasteiger partial charge in [-0.05, 0) is 43.7 Å². The van der Waals surface area contributed by atoms with Crippen molar-refractivity contribution in [2.45, 2.75) is 32.5 Å². The van der Waals surface area contributed by atoms with E-state index in [-0.39, 0.29) is 10.7 Å². The molecule has 1 N–H and O–H groups in total. The average Bonchev–Trinajstić information content (AvgIpc) is 2.62. The van der Waals surface area contributed by atoms with Crippen LogP contribution in [0.1, 0.15) is 20.3 Å². The molecule has 2 atom stereocenters. The number of rotatable bonds is 7. The van der Waals surface area contributed by atoms with E-state index in [4.69, 9.17) is 21.1 Å². The van der Waals surface area contributed by atoms with Gasteiger partial charge in [0.05, 0.1) is 10.7 Å². The molecule has 0 heterocycles. The number of amides is 1. The molecule has 0 saturated heterocycles. The molecule has 0 saturated carbocycles. The van der Waals surface area contributed by atoms with Crippen molar-refractivity contribution in [2.75, 3.05) is 5.32 Å². The van der Waals surface area contributed by atoms with Gasteiger partial charge in [0.1, 0.15) is 11.6 Å². The number of halogens is 2. The molecule has 26 heavy (non-hydrogen) atoms. The van der Waals surface area contributed by atoms with Gasteiger partial charge >= 0.3 is 5.97 Å². The number of carbonyl (C=O) groups is 2. The minimum atomic E-state index is -1.07. The Morgan fingerprint density at radius 3 is 2.50 bits per heavy atom. The van der Waals surface area contributed by atoms with E-state index in [1.54, 1.807) is 31.2 Å². The lowest BCUT2D eigenvalue weighted by molar-refractivity contribution is -0.160. The van der Waals surface area contributed by atoms with Crippen molar-refractivity contribution in [3.63, 3.8) is 0 Å². The highest BCUT2D eigenvalue weighted by Crippen LogP contribution is 2.22. The van der Waals surface area contributed by atoms with Crippen LogP contribution in [0.4, 0.5) is 10.1 Å². The number of ether oxygens (including phenoxy) is 2. The smallest absolute Gasteiger partial charge is 0.348 e. The molecule has 2 aromatic carbocycles. The van der Waals surface area contributed by atoms with Crippen molar-refractivity contribution in [3.8, 4) is 5.75 Å². The van der Waals surface area contributed by atoms with Crippen LogP contribution in [0, 0.1) is 5.82 Å². The van der Waals surface area contributed by atoms with Gasteiger partial charge < -0.3 is 14.8 Å². The summed E-state index contributed by atoms with van der Waals surface area (Å²) in [5.74, 6) is -1.21. The van der Waals surface area contributed by atoms with Crippen LogP contribution in [0.5, 0.6) is 5.75 Å². The van der Waals surface area contributed by atoms with Gasteiger partial charge in [-0.15, -0.1) is 0 Å². The molecule has 5 nitrogen and oxygen atoms in total. The predicted octanol–water partition coefficient (Wildman–Crippen LogP) is 4.21. The summed E-state index contributed by atoms with van der Waals surface area (Å²) in [7, 11) is 0. The highest BCUT2D eigenvalue weighted by Gasteiger charge is 2.25. The second kappa shape index (κ2) is 9.20. The molecular formula is C19H19ClFNO4. The Labute approximate surface area is 156 Å². The Kier molecular flexibility index (Phi) is 6.97. The fraction of sp³-hybridized carbons (Fsp3) is 0.263. The Hall–Kier alpha value is -2.60. The molecule has 138 valence electrons. The Morgan fingerprint density at radius 2 is 1.88 bits per heavy atom. The number of anilines is 1. The molecule has 0 aliphatic heterocycles. The molecule has 0 aromatic heterocycles. The largest absolute Gasteiger partial charge is 0.479 e. The molecule has 0 radical (unpaired) electrons. The maximum Gasteiger partial charge on any atom is 0.348 e. The van der Waals surface area contributed by atoms with Gasteiger partial charge in [0, 0.05) is 0 Å². The minimum absolute atomic E-state index is 0.0516. The van der Waals surface area contributed by atoms with Gasteiger partial charge in [-0.3, -0.25) is 4.79 Å². The lowest BCUT2D eigenvalue weighted by atomic mass is 10.2. The van der Waals surface area contributed by atoms with E-state index >= 15 is 0 Å². The first-order valence-corrected chi connectivity index (χ1v) is 8.46. The van der Waals surface area contributed by atoms with Crippen LogP contribution in [-0.4, -0.2) is 24.1 Å². The number of hydrogen-bond acceptors (Lipinski definition) is 4. The summed E-state index contributed by atoms with van der Waals surface area (Å²) in [6.45, 7) is 3.21. The quantitative estimate of drug-likeness (QED) is 0.732. The van der Waals surface area contributed by atoms with Crippen molar-refractivity contribution in [1.82, 2.24) is 0 Å². The number of nitrogens with one attached hydrogen (secondary N) is 1. The summed E-state index contributed by atoms with van der Waals surface area (Å²) < 4.78 is 23.8. The highest BCUT2D eigenvalue weighted by atomic mass is 35.5. The molecule has 0 unspecified atom stereocenters. The van der Waals surface area contributed by atoms with Crippen LogP contribution in [0.3, 0.4) is 0 Å². The third-order valence-corrected chi connectivity index (χ3v) is 3.82. The second-order valence-electron chi connectivity index (χ2n) is 5.52. The third-order valence-electron chi connectivity index (χ3n) is 3.51. The average molecular weight is 380 g/mol. The fourth-order valence-corrected chi connectivity index (χ4v) is 2.30. The zero-order valence-corrected chi connectivity index (χ0v) is 15.1. The van der Waals surface area contributed by atoms with E-state index in [9.17, 15) is 14.0 Å². The van der Waals surface area contributed by atoms with Crippen LogP contribution in [0.2, 0.25) is 5.02 Å². The maximum absolute atomic E-state index is 13.0. The topological polar surface area (TPSA) is 64.6 Å². The van der Waals surface area contributed by atoms with E-state index in [0.717, 1.165) is 6.07 Å². The lowest BCUT2D eigenvalue weighted by Crippen LogP contribution is -2.36. The molecule has 2 rings (SSSR count). The molecule has 0 aliphatic carbocycles. The lowest BCUT2D eigenvalue weighted by Gasteiger charge is -2.19. The van der Waals surface area contributed by atoms with Gasteiger partial charge in [0.15, 0.2) is 12.2 Å². The molecule has 0 bridgehead atoms. The van der Waals surface area contributed by atoms with Crippen LogP contribution >= 0.6 is 11.6 Å². The first-order valence-electron chi connectivity index (χ1n) is 8.08. The zero-order chi connectivity index (χ0) is 19.1. The van der Waals surface area contributed by atoms with Crippen molar-refractivity contribution in [3.05, 3.63) is 59.4 Å². The van der Waals surface area contributed by atoms with Crippen LogP contribution in [-0.2, 0) is 14.3 Å². The van der Waals surface area contributed by atoms with E-state index in [1.807, 2.05) is 6.07 Å². The summed E-state index contributed by atoms with van der Waals surface area (Å²) in [6.07, 6.45) is -1.52. The minimum Gasteiger partial charge on any atom is -0.479 e. The first-order chi connectivity index (χ1) is 12.4.